The smallest absolute Gasteiger partial charge is 0.160 e. The molecule has 0 atom stereocenters. The number of anilines is 1. The van der Waals surface area contributed by atoms with E-state index in [0.29, 0.717) is 10.8 Å². The predicted molar refractivity (Wildman–Crippen MR) is 124 cm³/mol. The third-order valence-corrected chi connectivity index (χ3v) is 6.20. The molecule has 3 rings (SSSR count). The Morgan fingerprint density at radius 3 is 2.30 bits per heavy atom. The van der Waals surface area contributed by atoms with Gasteiger partial charge in [0.05, 0.1) is 26.4 Å². The minimum Gasteiger partial charge on any atom is -0.495 e. The number of methoxy groups -OCH3 is 3. The summed E-state index contributed by atoms with van der Waals surface area (Å²) in [5.74, 6) is 3.08. The molecular weight excluding hydrogens is 400 g/mol. The van der Waals surface area contributed by atoms with Crippen LogP contribution >= 0.6 is 11.6 Å². The molecule has 0 spiro atoms. The quantitative estimate of drug-likeness (QED) is 0.564. The molecule has 2 aromatic carbocycles. The van der Waals surface area contributed by atoms with E-state index in [1.165, 1.54) is 37.9 Å². The van der Waals surface area contributed by atoms with E-state index in [-0.39, 0.29) is 0 Å². The molecule has 0 saturated carbocycles. The summed E-state index contributed by atoms with van der Waals surface area (Å²) in [5.41, 5.74) is 2.34. The Balaban J connectivity index is 1.36. The largest absolute Gasteiger partial charge is 0.495 e. The molecule has 1 saturated heterocycles. The number of nitrogens with one attached hydrogen (secondary N) is 1. The zero-order valence-corrected chi connectivity index (χ0v) is 19.0. The van der Waals surface area contributed by atoms with Crippen LogP contribution in [0.5, 0.6) is 17.2 Å². The van der Waals surface area contributed by atoms with Gasteiger partial charge in [0.25, 0.3) is 0 Å². The van der Waals surface area contributed by atoms with Gasteiger partial charge < -0.3 is 24.4 Å². The first-order chi connectivity index (χ1) is 14.6. The Labute approximate surface area is 185 Å². The van der Waals surface area contributed by atoms with Gasteiger partial charge in [-0.05, 0) is 80.6 Å². The van der Waals surface area contributed by atoms with Gasteiger partial charge in [0, 0.05) is 18.8 Å². The SMILES string of the molecule is COc1ccc(NCCC2CCN(CCc3ccc(OC)c(OC)c3)CC2)cc1Cl. The molecule has 1 N–H and O–H groups in total. The monoisotopic (exact) mass is 432 g/mol. The summed E-state index contributed by atoms with van der Waals surface area (Å²) < 4.78 is 15.9. The topological polar surface area (TPSA) is 43.0 Å². The molecule has 2 aromatic rings. The van der Waals surface area contributed by atoms with Crippen LogP contribution in [0.2, 0.25) is 5.02 Å². The molecule has 1 aliphatic rings. The molecule has 1 fully saturated rings. The molecule has 0 radical (unpaired) electrons. The molecule has 5 nitrogen and oxygen atoms in total. The van der Waals surface area contributed by atoms with Crippen molar-refractivity contribution in [3.63, 3.8) is 0 Å². The second kappa shape index (κ2) is 11.3. The number of rotatable bonds is 10. The van der Waals surface area contributed by atoms with Crippen molar-refractivity contribution in [1.29, 1.82) is 0 Å². The summed E-state index contributed by atoms with van der Waals surface area (Å²) in [6.07, 6.45) is 4.74. The van der Waals surface area contributed by atoms with Gasteiger partial charge in [-0.2, -0.15) is 0 Å². The third kappa shape index (κ3) is 6.19. The van der Waals surface area contributed by atoms with Crippen LogP contribution in [0.1, 0.15) is 24.8 Å². The summed E-state index contributed by atoms with van der Waals surface area (Å²) >= 11 is 6.20. The van der Waals surface area contributed by atoms with Crippen LogP contribution < -0.4 is 19.5 Å². The van der Waals surface area contributed by atoms with Crippen molar-refractivity contribution < 1.29 is 14.2 Å². The Morgan fingerprint density at radius 1 is 0.933 bits per heavy atom. The summed E-state index contributed by atoms with van der Waals surface area (Å²) in [6.45, 7) is 4.41. The predicted octanol–water partition coefficient (Wildman–Crippen LogP) is 5.12. The maximum atomic E-state index is 6.20. The van der Waals surface area contributed by atoms with Crippen LogP contribution in [0, 0.1) is 5.92 Å². The molecule has 1 heterocycles. The summed E-state index contributed by atoms with van der Waals surface area (Å²) in [6, 6.07) is 12.1. The van der Waals surface area contributed by atoms with Crippen molar-refractivity contribution in [3.8, 4) is 17.2 Å². The minimum absolute atomic E-state index is 0.644. The average Bonchev–Trinajstić information content (AvgIpc) is 2.78. The number of nitrogens with zero attached hydrogens (tertiary/aromatic N) is 1. The zero-order valence-electron chi connectivity index (χ0n) is 18.2. The van der Waals surface area contributed by atoms with Crippen molar-refractivity contribution >= 4 is 17.3 Å². The van der Waals surface area contributed by atoms with Crippen LogP contribution in [-0.4, -0.2) is 52.4 Å². The Morgan fingerprint density at radius 2 is 1.63 bits per heavy atom. The second-order valence-corrected chi connectivity index (χ2v) is 8.20. The van der Waals surface area contributed by atoms with E-state index in [0.717, 1.165) is 42.6 Å². The normalized spacial score (nSPS) is 15.1. The summed E-state index contributed by atoms with van der Waals surface area (Å²) in [5, 5.41) is 4.13. The van der Waals surface area contributed by atoms with Gasteiger partial charge in [-0.25, -0.2) is 0 Å². The van der Waals surface area contributed by atoms with E-state index < -0.39 is 0 Å². The van der Waals surface area contributed by atoms with E-state index >= 15 is 0 Å². The van der Waals surface area contributed by atoms with Gasteiger partial charge in [0.15, 0.2) is 11.5 Å². The molecule has 30 heavy (non-hydrogen) atoms. The van der Waals surface area contributed by atoms with Crippen LogP contribution in [0.25, 0.3) is 0 Å². The van der Waals surface area contributed by atoms with Gasteiger partial charge in [-0.3, -0.25) is 0 Å². The number of piperidine rings is 1. The zero-order chi connectivity index (χ0) is 21.3. The lowest BCUT2D eigenvalue weighted by Crippen LogP contribution is -2.35. The van der Waals surface area contributed by atoms with Gasteiger partial charge in [-0.15, -0.1) is 0 Å². The van der Waals surface area contributed by atoms with Gasteiger partial charge in [0.2, 0.25) is 0 Å². The van der Waals surface area contributed by atoms with Crippen molar-refractivity contribution in [1.82, 2.24) is 4.90 Å². The molecule has 1 aliphatic heterocycles. The first-order valence-corrected chi connectivity index (χ1v) is 11.0. The Kier molecular flexibility index (Phi) is 8.52. The third-order valence-electron chi connectivity index (χ3n) is 5.91. The molecule has 0 bridgehead atoms. The molecule has 0 aliphatic carbocycles. The molecule has 0 amide bonds. The summed E-state index contributed by atoms with van der Waals surface area (Å²) in [7, 11) is 4.99. The fourth-order valence-electron chi connectivity index (χ4n) is 4.02. The lowest BCUT2D eigenvalue weighted by atomic mass is 9.93. The molecular formula is C24H33ClN2O3. The summed E-state index contributed by atoms with van der Waals surface area (Å²) in [4.78, 5) is 2.57. The number of ether oxygens (including phenoxy) is 3. The second-order valence-electron chi connectivity index (χ2n) is 7.79. The number of halogens is 1. The van der Waals surface area contributed by atoms with E-state index in [9.17, 15) is 0 Å². The van der Waals surface area contributed by atoms with E-state index in [1.807, 2.05) is 24.3 Å². The fourth-order valence-corrected chi connectivity index (χ4v) is 4.28. The number of likely N-dealkylation sites (tertiary alicyclic amines) is 1. The Hall–Kier alpha value is -2.11. The highest BCUT2D eigenvalue weighted by molar-refractivity contribution is 6.32. The van der Waals surface area contributed by atoms with Crippen LogP contribution in [-0.2, 0) is 6.42 Å². The maximum absolute atomic E-state index is 6.20. The van der Waals surface area contributed by atoms with E-state index in [4.69, 9.17) is 25.8 Å². The van der Waals surface area contributed by atoms with E-state index in [1.54, 1.807) is 21.3 Å². The first-order valence-electron chi connectivity index (χ1n) is 10.6. The van der Waals surface area contributed by atoms with Gasteiger partial charge in [0.1, 0.15) is 5.75 Å². The molecule has 6 heteroatoms. The van der Waals surface area contributed by atoms with Crippen LogP contribution in [0.15, 0.2) is 36.4 Å². The van der Waals surface area contributed by atoms with Crippen molar-refractivity contribution in [2.24, 2.45) is 5.92 Å². The van der Waals surface area contributed by atoms with E-state index in [2.05, 4.69) is 22.3 Å². The highest BCUT2D eigenvalue weighted by atomic mass is 35.5. The minimum atomic E-state index is 0.644. The van der Waals surface area contributed by atoms with Crippen molar-refractivity contribution in [3.05, 3.63) is 47.0 Å². The molecule has 0 aromatic heterocycles. The van der Waals surface area contributed by atoms with Crippen LogP contribution in [0.4, 0.5) is 5.69 Å². The standard InChI is InChI=1S/C24H33ClN2O3/c1-28-22-7-5-20(17-21(22)25)26-12-8-18-9-13-27(14-10-18)15-11-19-4-6-23(29-2)24(16-19)30-3/h4-7,16-18,26H,8-15H2,1-3H3. The molecule has 0 unspecified atom stereocenters. The highest BCUT2D eigenvalue weighted by Gasteiger charge is 2.19. The number of hydrogen-bond acceptors (Lipinski definition) is 5. The van der Waals surface area contributed by atoms with Crippen molar-refractivity contribution in [2.75, 3.05) is 52.8 Å². The van der Waals surface area contributed by atoms with Crippen LogP contribution in [0.3, 0.4) is 0 Å². The number of hydrogen-bond donors (Lipinski definition) is 1. The lowest BCUT2D eigenvalue weighted by Gasteiger charge is -2.32. The first kappa shape index (κ1) is 22.6. The number of benzene rings is 2. The lowest BCUT2D eigenvalue weighted by molar-refractivity contribution is 0.183. The average molecular weight is 433 g/mol. The van der Waals surface area contributed by atoms with Crippen molar-refractivity contribution in [2.45, 2.75) is 25.7 Å². The molecule has 164 valence electrons. The Bertz CT molecular complexity index is 807. The maximum Gasteiger partial charge on any atom is 0.160 e. The van der Waals surface area contributed by atoms with Gasteiger partial charge in [-0.1, -0.05) is 17.7 Å². The highest BCUT2D eigenvalue weighted by Crippen LogP contribution is 2.29. The fraction of sp³-hybridized carbons (Fsp3) is 0.500. The van der Waals surface area contributed by atoms with Gasteiger partial charge >= 0.3 is 0 Å².